The van der Waals surface area contributed by atoms with Gasteiger partial charge in [0.1, 0.15) is 13.2 Å². The fourth-order valence-electron chi connectivity index (χ4n) is 2.73. The van der Waals surface area contributed by atoms with Crippen molar-refractivity contribution in [1.82, 2.24) is 20.1 Å². The number of rotatable bonds is 4. The van der Waals surface area contributed by atoms with Crippen LogP contribution in [0.25, 0.3) is 11.3 Å². The number of hydrogen-bond acceptors (Lipinski definition) is 5. The molecule has 0 radical (unpaired) electrons. The Labute approximate surface area is 156 Å². The van der Waals surface area contributed by atoms with E-state index in [0.29, 0.717) is 36.9 Å². The lowest BCUT2D eigenvalue weighted by Gasteiger charge is -2.19. The standard InChI is InChI=1S/C19H19N5O3/c1-24-12-14(11-22-24)16-4-2-13(9-20-16)10-21-19(25)23-15-3-5-17-18(8-15)27-7-6-26-17/h2-5,8-9,11-12H,6-7,10H2,1H3,(H2,21,23,25). The summed E-state index contributed by atoms with van der Waals surface area (Å²) < 4.78 is 12.7. The molecule has 1 aliphatic rings. The SMILES string of the molecule is Cn1cc(-c2ccc(CNC(=O)Nc3ccc4c(c3)OCCO4)cn2)cn1. The molecule has 1 aliphatic heterocycles. The summed E-state index contributed by atoms with van der Waals surface area (Å²) in [7, 11) is 1.86. The van der Waals surface area contributed by atoms with Gasteiger partial charge in [0.05, 0.1) is 11.9 Å². The summed E-state index contributed by atoms with van der Waals surface area (Å²) in [4.78, 5) is 16.5. The number of fused-ring (bicyclic) bond motifs is 1. The van der Waals surface area contributed by atoms with Gasteiger partial charge in [-0.15, -0.1) is 0 Å². The lowest BCUT2D eigenvalue weighted by molar-refractivity contribution is 0.171. The highest BCUT2D eigenvalue weighted by molar-refractivity contribution is 5.89. The van der Waals surface area contributed by atoms with E-state index in [1.165, 1.54) is 0 Å². The van der Waals surface area contributed by atoms with Crippen LogP contribution in [0.3, 0.4) is 0 Å². The van der Waals surface area contributed by atoms with Crippen LogP contribution in [0.1, 0.15) is 5.56 Å². The maximum absolute atomic E-state index is 12.1. The van der Waals surface area contributed by atoms with Crippen LogP contribution in [-0.2, 0) is 13.6 Å². The number of anilines is 1. The van der Waals surface area contributed by atoms with Gasteiger partial charge in [-0.2, -0.15) is 5.10 Å². The molecule has 1 aromatic carbocycles. The first-order valence-electron chi connectivity index (χ1n) is 8.56. The van der Waals surface area contributed by atoms with Gasteiger partial charge in [0.25, 0.3) is 0 Å². The summed E-state index contributed by atoms with van der Waals surface area (Å²) in [6.45, 7) is 1.41. The van der Waals surface area contributed by atoms with Crippen LogP contribution < -0.4 is 20.1 Å². The molecule has 0 unspecified atom stereocenters. The van der Waals surface area contributed by atoms with E-state index >= 15 is 0 Å². The lowest BCUT2D eigenvalue weighted by Crippen LogP contribution is -2.28. The van der Waals surface area contributed by atoms with Crippen LogP contribution in [-0.4, -0.2) is 34.0 Å². The van der Waals surface area contributed by atoms with Crippen LogP contribution in [0.2, 0.25) is 0 Å². The number of aryl methyl sites for hydroxylation is 1. The van der Waals surface area contributed by atoms with Crippen molar-refractivity contribution >= 4 is 11.7 Å². The monoisotopic (exact) mass is 365 g/mol. The predicted octanol–water partition coefficient (Wildman–Crippen LogP) is 2.58. The number of nitrogens with one attached hydrogen (secondary N) is 2. The van der Waals surface area contributed by atoms with Crippen molar-refractivity contribution in [2.45, 2.75) is 6.54 Å². The highest BCUT2D eigenvalue weighted by atomic mass is 16.6. The van der Waals surface area contributed by atoms with Gasteiger partial charge in [0.15, 0.2) is 11.5 Å². The van der Waals surface area contributed by atoms with Crippen molar-refractivity contribution in [3.63, 3.8) is 0 Å². The second-order valence-corrected chi connectivity index (χ2v) is 6.12. The smallest absolute Gasteiger partial charge is 0.319 e. The van der Waals surface area contributed by atoms with Crippen molar-refractivity contribution in [3.05, 3.63) is 54.5 Å². The predicted molar refractivity (Wildman–Crippen MR) is 99.7 cm³/mol. The van der Waals surface area contributed by atoms with Crippen LogP contribution >= 0.6 is 0 Å². The van der Waals surface area contributed by atoms with E-state index in [-0.39, 0.29) is 6.03 Å². The van der Waals surface area contributed by atoms with Crippen molar-refractivity contribution in [2.75, 3.05) is 18.5 Å². The highest BCUT2D eigenvalue weighted by Crippen LogP contribution is 2.32. The molecule has 138 valence electrons. The third-order valence-electron chi connectivity index (χ3n) is 4.08. The average Bonchev–Trinajstić information content (AvgIpc) is 3.13. The number of carbonyl (C=O) groups is 1. The Morgan fingerprint density at radius 3 is 2.74 bits per heavy atom. The van der Waals surface area contributed by atoms with E-state index in [1.54, 1.807) is 35.3 Å². The number of ether oxygens (including phenoxy) is 2. The summed E-state index contributed by atoms with van der Waals surface area (Å²) in [6, 6.07) is 8.84. The van der Waals surface area contributed by atoms with Crippen LogP contribution in [0.4, 0.5) is 10.5 Å². The first kappa shape index (κ1) is 16.9. The Hall–Kier alpha value is -3.55. The van der Waals surface area contributed by atoms with Crippen molar-refractivity contribution in [3.8, 4) is 22.8 Å². The first-order chi connectivity index (χ1) is 13.2. The molecule has 0 spiro atoms. The van der Waals surface area contributed by atoms with Crippen molar-refractivity contribution in [1.29, 1.82) is 0 Å². The van der Waals surface area contributed by atoms with Gasteiger partial charge < -0.3 is 20.1 Å². The Morgan fingerprint density at radius 2 is 2.00 bits per heavy atom. The normalized spacial score (nSPS) is 12.5. The van der Waals surface area contributed by atoms with E-state index in [2.05, 4.69) is 20.7 Å². The van der Waals surface area contributed by atoms with Gasteiger partial charge in [0.2, 0.25) is 0 Å². The van der Waals surface area contributed by atoms with Gasteiger partial charge >= 0.3 is 6.03 Å². The molecule has 0 fully saturated rings. The maximum Gasteiger partial charge on any atom is 0.319 e. The fourth-order valence-corrected chi connectivity index (χ4v) is 2.73. The summed E-state index contributed by atoms with van der Waals surface area (Å²) >= 11 is 0. The number of aromatic nitrogens is 3. The molecule has 4 rings (SSSR count). The first-order valence-corrected chi connectivity index (χ1v) is 8.56. The molecule has 8 nitrogen and oxygen atoms in total. The molecule has 0 atom stereocenters. The molecule has 0 saturated heterocycles. The molecule has 2 amide bonds. The van der Waals surface area contributed by atoms with E-state index in [4.69, 9.17) is 9.47 Å². The topological polar surface area (TPSA) is 90.3 Å². The van der Waals surface area contributed by atoms with Gasteiger partial charge in [-0.1, -0.05) is 6.07 Å². The Kier molecular flexibility index (Phi) is 4.61. The quantitative estimate of drug-likeness (QED) is 0.742. The van der Waals surface area contributed by atoms with Crippen LogP contribution in [0, 0.1) is 0 Å². The second-order valence-electron chi connectivity index (χ2n) is 6.12. The Bertz CT molecular complexity index is 952. The number of nitrogens with zero attached hydrogens (tertiary/aromatic N) is 3. The lowest BCUT2D eigenvalue weighted by atomic mass is 10.2. The molecular weight excluding hydrogens is 346 g/mol. The minimum Gasteiger partial charge on any atom is -0.486 e. The summed E-state index contributed by atoms with van der Waals surface area (Å²) in [5.74, 6) is 1.32. The molecule has 27 heavy (non-hydrogen) atoms. The van der Waals surface area contributed by atoms with Gasteiger partial charge in [0, 0.05) is 43.3 Å². The second kappa shape index (κ2) is 7.36. The molecule has 3 heterocycles. The number of amides is 2. The van der Waals surface area contributed by atoms with Crippen LogP contribution in [0.15, 0.2) is 48.9 Å². The number of urea groups is 1. The number of carbonyl (C=O) groups excluding carboxylic acids is 1. The Balaban J connectivity index is 1.32. The number of benzene rings is 1. The fraction of sp³-hybridized carbons (Fsp3) is 0.211. The van der Waals surface area contributed by atoms with Crippen molar-refractivity contribution < 1.29 is 14.3 Å². The third-order valence-corrected chi connectivity index (χ3v) is 4.08. The zero-order chi connectivity index (χ0) is 18.6. The highest BCUT2D eigenvalue weighted by Gasteiger charge is 2.12. The van der Waals surface area contributed by atoms with Gasteiger partial charge in [-0.05, 0) is 23.8 Å². The van der Waals surface area contributed by atoms with E-state index in [0.717, 1.165) is 16.8 Å². The summed E-state index contributed by atoms with van der Waals surface area (Å²) in [6.07, 6.45) is 5.41. The minimum atomic E-state index is -0.303. The van der Waals surface area contributed by atoms with E-state index in [9.17, 15) is 4.79 Å². The largest absolute Gasteiger partial charge is 0.486 e. The molecular formula is C19H19N5O3. The summed E-state index contributed by atoms with van der Waals surface area (Å²) in [5.41, 5.74) is 3.34. The molecule has 0 aliphatic carbocycles. The molecule has 2 N–H and O–H groups in total. The zero-order valence-electron chi connectivity index (χ0n) is 14.8. The Morgan fingerprint density at radius 1 is 1.15 bits per heavy atom. The van der Waals surface area contributed by atoms with Crippen LogP contribution in [0.5, 0.6) is 11.5 Å². The van der Waals surface area contributed by atoms with Gasteiger partial charge in [-0.3, -0.25) is 9.67 Å². The average molecular weight is 365 g/mol. The van der Waals surface area contributed by atoms with E-state index < -0.39 is 0 Å². The zero-order valence-corrected chi connectivity index (χ0v) is 14.8. The van der Waals surface area contributed by atoms with Gasteiger partial charge in [-0.25, -0.2) is 4.79 Å². The minimum absolute atomic E-state index is 0.303. The molecule has 0 saturated carbocycles. The van der Waals surface area contributed by atoms with Crippen molar-refractivity contribution in [2.24, 2.45) is 7.05 Å². The van der Waals surface area contributed by atoms with E-state index in [1.807, 2.05) is 25.4 Å². The molecule has 8 heteroatoms. The molecule has 2 aromatic heterocycles. The molecule has 3 aromatic rings. The maximum atomic E-state index is 12.1. The number of pyridine rings is 1. The number of hydrogen-bond donors (Lipinski definition) is 2. The molecule has 0 bridgehead atoms. The third kappa shape index (κ3) is 4.00. The summed E-state index contributed by atoms with van der Waals surface area (Å²) in [5, 5.41) is 9.73.